The van der Waals surface area contributed by atoms with Crippen LogP contribution in [-0.2, 0) is 9.53 Å². The van der Waals surface area contributed by atoms with Crippen molar-refractivity contribution in [2.75, 3.05) is 47.6 Å². The van der Waals surface area contributed by atoms with Gasteiger partial charge in [0, 0.05) is 25.1 Å². The summed E-state index contributed by atoms with van der Waals surface area (Å²) in [7, 11) is 4.49. The van der Waals surface area contributed by atoms with Crippen molar-refractivity contribution in [3.63, 3.8) is 0 Å². The summed E-state index contributed by atoms with van der Waals surface area (Å²) in [6, 6.07) is 2.74. The van der Waals surface area contributed by atoms with Crippen molar-refractivity contribution in [3.8, 4) is 17.2 Å². The van der Waals surface area contributed by atoms with Crippen LogP contribution in [0.15, 0.2) is 12.1 Å². The molecule has 0 aromatic heterocycles. The number of Topliss-reactive ketones (excluding diaryl/α,β-unsaturated/α-hetero) is 1. The van der Waals surface area contributed by atoms with E-state index in [2.05, 4.69) is 0 Å². The number of nitrogens with zero attached hydrogens (tertiary/aromatic N) is 1. The fourth-order valence-electron chi connectivity index (χ4n) is 3.05. The van der Waals surface area contributed by atoms with Crippen molar-refractivity contribution >= 4 is 11.7 Å². The molecule has 2 N–H and O–H groups in total. The van der Waals surface area contributed by atoms with Crippen molar-refractivity contribution < 1.29 is 28.5 Å². The molecule has 1 atom stereocenters. The summed E-state index contributed by atoms with van der Waals surface area (Å²) in [5.74, 6) is 0.702. The minimum atomic E-state index is -0.482. The summed E-state index contributed by atoms with van der Waals surface area (Å²) in [6.45, 7) is 2.38. The van der Waals surface area contributed by atoms with Gasteiger partial charge in [0.15, 0.2) is 17.3 Å². The third-order valence-electron chi connectivity index (χ3n) is 4.45. The van der Waals surface area contributed by atoms with E-state index in [1.807, 2.05) is 4.90 Å². The molecule has 1 aliphatic rings. The number of carbonyl (C=O) groups is 2. The van der Waals surface area contributed by atoms with Crippen molar-refractivity contribution in [3.05, 3.63) is 17.7 Å². The van der Waals surface area contributed by atoms with Crippen LogP contribution < -0.4 is 19.9 Å². The fourth-order valence-corrected chi connectivity index (χ4v) is 3.05. The molecule has 1 aromatic rings. The Morgan fingerprint density at radius 1 is 1.12 bits per heavy atom. The molecule has 0 saturated carbocycles. The smallest absolute Gasteiger partial charge is 0.234 e. The van der Waals surface area contributed by atoms with E-state index in [-0.39, 0.29) is 12.2 Å². The first kappa shape index (κ1) is 20.0. The Bertz CT molecular complexity index is 618. The number of benzene rings is 1. The average molecular weight is 366 g/mol. The Morgan fingerprint density at radius 2 is 1.69 bits per heavy atom. The largest absolute Gasteiger partial charge is 0.493 e. The number of amides is 1. The van der Waals surface area contributed by atoms with E-state index < -0.39 is 11.9 Å². The number of hydrogen-bond donors (Lipinski definition) is 1. The second kappa shape index (κ2) is 9.40. The van der Waals surface area contributed by atoms with Crippen molar-refractivity contribution in [1.82, 2.24) is 4.90 Å². The minimum Gasteiger partial charge on any atom is -0.493 e. The zero-order chi connectivity index (χ0) is 19.1. The molecule has 0 radical (unpaired) electrons. The maximum absolute atomic E-state index is 12.6. The number of primary amides is 1. The first-order valence-electron chi connectivity index (χ1n) is 8.46. The lowest BCUT2D eigenvalue weighted by Crippen LogP contribution is -2.49. The Kier molecular flexibility index (Phi) is 7.23. The van der Waals surface area contributed by atoms with Crippen LogP contribution in [-0.4, -0.2) is 70.3 Å². The molecular weight excluding hydrogens is 340 g/mol. The molecule has 1 saturated heterocycles. The van der Waals surface area contributed by atoms with Crippen LogP contribution in [0.2, 0.25) is 0 Å². The van der Waals surface area contributed by atoms with Gasteiger partial charge in [0.25, 0.3) is 0 Å². The molecule has 2 rings (SSSR count). The van der Waals surface area contributed by atoms with Gasteiger partial charge in [-0.05, 0) is 18.6 Å². The van der Waals surface area contributed by atoms with Crippen molar-refractivity contribution in [1.29, 1.82) is 0 Å². The predicted molar refractivity (Wildman–Crippen MR) is 95.0 cm³/mol. The number of ketones is 1. The highest BCUT2D eigenvalue weighted by Gasteiger charge is 2.26. The quantitative estimate of drug-likeness (QED) is 0.647. The Labute approximate surface area is 153 Å². The molecule has 144 valence electrons. The van der Waals surface area contributed by atoms with Gasteiger partial charge >= 0.3 is 0 Å². The van der Waals surface area contributed by atoms with Gasteiger partial charge in [-0.3, -0.25) is 14.5 Å². The first-order valence-corrected chi connectivity index (χ1v) is 8.46. The van der Waals surface area contributed by atoms with Crippen LogP contribution in [0.1, 0.15) is 23.2 Å². The van der Waals surface area contributed by atoms with Crippen LogP contribution in [0.4, 0.5) is 0 Å². The number of nitrogens with two attached hydrogens (primary N) is 1. The fraction of sp³-hybridized carbons (Fsp3) is 0.556. The molecule has 1 unspecified atom stereocenters. The van der Waals surface area contributed by atoms with E-state index in [1.165, 1.54) is 21.3 Å². The zero-order valence-corrected chi connectivity index (χ0v) is 15.4. The maximum Gasteiger partial charge on any atom is 0.234 e. The van der Waals surface area contributed by atoms with Gasteiger partial charge in [0.05, 0.1) is 40.6 Å². The molecule has 8 nitrogen and oxygen atoms in total. The molecule has 0 aliphatic carbocycles. The highest BCUT2D eigenvalue weighted by Crippen LogP contribution is 2.38. The van der Waals surface area contributed by atoms with Gasteiger partial charge in [-0.25, -0.2) is 0 Å². The summed E-state index contributed by atoms with van der Waals surface area (Å²) in [5, 5.41) is 0. The number of rotatable bonds is 9. The van der Waals surface area contributed by atoms with Crippen LogP contribution >= 0.6 is 0 Å². The number of methoxy groups -OCH3 is 3. The topological polar surface area (TPSA) is 100 Å². The van der Waals surface area contributed by atoms with E-state index in [1.54, 1.807) is 12.1 Å². The number of ether oxygens (including phenoxy) is 4. The second-order valence-electron chi connectivity index (χ2n) is 5.94. The van der Waals surface area contributed by atoms with Gasteiger partial charge in [0.2, 0.25) is 11.7 Å². The third-order valence-corrected chi connectivity index (χ3v) is 4.45. The molecule has 1 amide bonds. The van der Waals surface area contributed by atoms with E-state index >= 15 is 0 Å². The second-order valence-corrected chi connectivity index (χ2v) is 5.94. The van der Waals surface area contributed by atoms with Gasteiger partial charge in [-0.2, -0.15) is 0 Å². The van der Waals surface area contributed by atoms with E-state index in [4.69, 9.17) is 24.7 Å². The summed E-state index contributed by atoms with van der Waals surface area (Å²) in [5.41, 5.74) is 5.97. The number of carbonyl (C=O) groups excluding carboxylic acids is 2. The SMILES string of the molecule is COc1cc(C(=O)CCC(C(N)=O)N2CCOCC2)cc(OC)c1OC. The van der Waals surface area contributed by atoms with Gasteiger partial charge < -0.3 is 24.7 Å². The molecule has 1 aromatic carbocycles. The van der Waals surface area contributed by atoms with E-state index in [0.717, 1.165) is 0 Å². The van der Waals surface area contributed by atoms with Crippen molar-refractivity contribution in [2.24, 2.45) is 5.73 Å². The summed E-state index contributed by atoms with van der Waals surface area (Å²) in [4.78, 5) is 26.4. The van der Waals surface area contributed by atoms with Gasteiger partial charge in [-0.1, -0.05) is 0 Å². The van der Waals surface area contributed by atoms with Crippen LogP contribution in [0, 0.1) is 0 Å². The standard InChI is InChI=1S/C18H26N2O6/c1-23-15-10-12(11-16(24-2)17(15)25-3)14(21)5-4-13(18(19)22)20-6-8-26-9-7-20/h10-11,13H,4-9H2,1-3H3,(H2,19,22). The summed E-state index contributed by atoms with van der Waals surface area (Å²) >= 11 is 0. The Morgan fingerprint density at radius 3 is 2.15 bits per heavy atom. The molecule has 26 heavy (non-hydrogen) atoms. The van der Waals surface area contributed by atoms with Crippen LogP contribution in [0.5, 0.6) is 17.2 Å². The average Bonchev–Trinajstić information content (AvgIpc) is 2.67. The Balaban J connectivity index is 2.11. The number of hydrogen-bond acceptors (Lipinski definition) is 7. The molecule has 0 spiro atoms. The molecule has 1 fully saturated rings. The van der Waals surface area contributed by atoms with E-state index in [0.29, 0.717) is 55.5 Å². The molecular formula is C18H26N2O6. The predicted octanol–water partition coefficient (Wildman–Crippen LogP) is 0.861. The number of morpholine rings is 1. The van der Waals surface area contributed by atoms with Gasteiger partial charge in [-0.15, -0.1) is 0 Å². The molecule has 0 bridgehead atoms. The van der Waals surface area contributed by atoms with Crippen molar-refractivity contribution in [2.45, 2.75) is 18.9 Å². The first-order chi connectivity index (χ1) is 12.5. The maximum atomic E-state index is 12.6. The minimum absolute atomic E-state index is 0.122. The van der Waals surface area contributed by atoms with E-state index in [9.17, 15) is 9.59 Å². The van der Waals surface area contributed by atoms with Gasteiger partial charge in [0.1, 0.15) is 0 Å². The monoisotopic (exact) mass is 366 g/mol. The third kappa shape index (κ3) is 4.64. The van der Waals surface area contributed by atoms with Crippen LogP contribution in [0.3, 0.4) is 0 Å². The lowest BCUT2D eigenvalue weighted by Gasteiger charge is -2.32. The summed E-state index contributed by atoms with van der Waals surface area (Å²) < 4.78 is 21.1. The zero-order valence-electron chi connectivity index (χ0n) is 15.4. The van der Waals surface area contributed by atoms with Crippen LogP contribution in [0.25, 0.3) is 0 Å². The normalized spacial score (nSPS) is 16.0. The molecule has 1 aliphatic heterocycles. The molecule has 8 heteroatoms. The Hall–Kier alpha value is -2.32. The lowest BCUT2D eigenvalue weighted by atomic mass is 10.0. The highest BCUT2D eigenvalue weighted by molar-refractivity contribution is 5.97. The lowest BCUT2D eigenvalue weighted by molar-refractivity contribution is -0.125. The highest BCUT2D eigenvalue weighted by atomic mass is 16.5. The summed E-state index contributed by atoms with van der Waals surface area (Å²) in [6.07, 6.45) is 0.536. The molecule has 1 heterocycles.